The first kappa shape index (κ1) is 24.7. The van der Waals surface area contributed by atoms with Gasteiger partial charge >= 0.3 is 18.0 Å². The van der Waals surface area contributed by atoms with E-state index in [1.165, 1.54) is 30.3 Å². The van der Waals surface area contributed by atoms with Crippen LogP contribution in [0.5, 0.6) is 0 Å². The Morgan fingerprint density at radius 3 is 2.41 bits per heavy atom. The van der Waals surface area contributed by atoms with E-state index in [1.54, 1.807) is 18.2 Å². The maximum absolute atomic E-state index is 12.7. The monoisotopic (exact) mass is 494 g/mol. The fraction of sp³-hybridized carbons (Fsp3) is 0.0952. The zero-order valence-corrected chi connectivity index (χ0v) is 18.0. The smallest absolute Gasteiger partial charge is 0.416 e. The Kier molecular flexibility index (Phi) is 7.48. The van der Waals surface area contributed by atoms with E-state index in [0.29, 0.717) is 6.07 Å². The molecule has 0 aliphatic heterocycles. The van der Waals surface area contributed by atoms with Crippen LogP contribution in [0.4, 0.5) is 18.9 Å². The number of hydrogen-bond acceptors (Lipinski definition) is 6. The van der Waals surface area contributed by atoms with E-state index >= 15 is 0 Å². The number of alkyl halides is 3. The van der Waals surface area contributed by atoms with E-state index < -0.39 is 33.6 Å². The number of nitrogens with zero attached hydrogens (tertiary/aromatic N) is 1. The number of benzene rings is 2. The van der Waals surface area contributed by atoms with E-state index in [4.69, 9.17) is 4.42 Å². The number of amides is 2. The lowest BCUT2D eigenvalue weighted by molar-refractivity contribution is -0.137. The largest absolute Gasteiger partial charge is 0.459 e. The molecule has 0 atom stereocenters. The zero-order chi connectivity index (χ0) is 24.8. The highest BCUT2D eigenvalue weighted by molar-refractivity contribution is 7.89. The van der Waals surface area contributed by atoms with Crippen molar-refractivity contribution in [3.05, 3.63) is 83.8 Å². The lowest BCUT2D eigenvalue weighted by Crippen LogP contribution is -2.32. The van der Waals surface area contributed by atoms with Crippen LogP contribution in [-0.4, -0.2) is 26.4 Å². The second-order valence-electron chi connectivity index (χ2n) is 6.67. The maximum atomic E-state index is 12.7. The predicted molar refractivity (Wildman–Crippen MR) is 115 cm³/mol. The highest BCUT2D eigenvalue weighted by Gasteiger charge is 2.30. The number of rotatable bonds is 7. The van der Waals surface area contributed by atoms with Crippen LogP contribution in [-0.2, 0) is 32.3 Å². The molecule has 1 aromatic heterocycles. The van der Waals surface area contributed by atoms with Crippen LogP contribution in [0, 0.1) is 0 Å². The van der Waals surface area contributed by atoms with Crippen LogP contribution >= 0.6 is 0 Å². The fourth-order valence-electron chi connectivity index (χ4n) is 2.57. The van der Waals surface area contributed by atoms with Gasteiger partial charge < -0.3 is 9.73 Å². The third-order valence-electron chi connectivity index (χ3n) is 4.18. The van der Waals surface area contributed by atoms with Gasteiger partial charge in [0.25, 0.3) is 0 Å². The second-order valence-corrected chi connectivity index (χ2v) is 8.44. The molecule has 2 amide bonds. The van der Waals surface area contributed by atoms with Gasteiger partial charge in [-0.2, -0.15) is 18.3 Å². The number of hydrazone groups is 1. The molecule has 1 heterocycles. The van der Waals surface area contributed by atoms with E-state index in [1.807, 2.05) is 10.7 Å². The van der Waals surface area contributed by atoms with Crippen molar-refractivity contribution in [3.8, 4) is 0 Å². The van der Waals surface area contributed by atoms with Gasteiger partial charge in [0.2, 0.25) is 10.0 Å². The number of sulfonamides is 1. The first-order valence-corrected chi connectivity index (χ1v) is 11.0. The summed E-state index contributed by atoms with van der Waals surface area (Å²) in [7, 11) is -3.73. The number of nitrogens with one attached hydrogen (secondary N) is 3. The van der Waals surface area contributed by atoms with Gasteiger partial charge in [0, 0.05) is 5.69 Å². The Labute approximate surface area is 191 Å². The number of carbonyl (C=O) groups is 2. The molecule has 178 valence electrons. The number of carbonyl (C=O) groups excluding carboxylic acids is 2. The molecule has 0 saturated carbocycles. The van der Waals surface area contributed by atoms with Gasteiger partial charge in [-0.05, 0) is 42.5 Å². The van der Waals surface area contributed by atoms with Crippen molar-refractivity contribution in [3.63, 3.8) is 0 Å². The Hall–Kier alpha value is -3.97. The zero-order valence-electron chi connectivity index (χ0n) is 17.2. The van der Waals surface area contributed by atoms with Crippen molar-refractivity contribution >= 4 is 33.7 Å². The molecule has 9 nitrogen and oxygen atoms in total. The molecule has 0 bridgehead atoms. The number of halogens is 3. The van der Waals surface area contributed by atoms with E-state index in [-0.39, 0.29) is 28.6 Å². The third-order valence-corrected chi connectivity index (χ3v) is 5.60. The van der Waals surface area contributed by atoms with Gasteiger partial charge in [0.15, 0.2) is 0 Å². The number of hydrogen-bond donors (Lipinski definition) is 3. The quantitative estimate of drug-likeness (QED) is 0.264. The number of furan rings is 1. The summed E-state index contributed by atoms with van der Waals surface area (Å²) in [5.41, 5.74) is 0.710. The van der Waals surface area contributed by atoms with Crippen molar-refractivity contribution in [2.75, 3.05) is 5.32 Å². The highest BCUT2D eigenvalue weighted by atomic mass is 32.2. The minimum Gasteiger partial charge on any atom is -0.459 e. The number of anilines is 1. The van der Waals surface area contributed by atoms with Gasteiger partial charge in [-0.15, -0.1) is 0 Å². The molecule has 34 heavy (non-hydrogen) atoms. The van der Waals surface area contributed by atoms with Crippen LogP contribution in [0.3, 0.4) is 0 Å². The topological polar surface area (TPSA) is 130 Å². The van der Waals surface area contributed by atoms with Crippen molar-refractivity contribution in [1.29, 1.82) is 0 Å². The summed E-state index contributed by atoms with van der Waals surface area (Å²) in [6.07, 6.45) is -3.54. The summed E-state index contributed by atoms with van der Waals surface area (Å²) in [6.45, 7) is -0.142. The van der Waals surface area contributed by atoms with Gasteiger partial charge in [-0.3, -0.25) is 9.59 Å². The van der Waals surface area contributed by atoms with Gasteiger partial charge in [0.1, 0.15) is 11.5 Å². The van der Waals surface area contributed by atoms with Crippen molar-refractivity contribution in [2.24, 2.45) is 5.10 Å². The summed E-state index contributed by atoms with van der Waals surface area (Å²) in [4.78, 5) is 23.7. The Bertz CT molecular complexity index is 1310. The summed E-state index contributed by atoms with van der Waals surface area (Å²) < 4.78 is 70.3. The van der Waals surface area contributed by atoms with E-state index in [2.05, 4.69) is 9.82 Å². The summed E-state index contributed by atoms with van der Waals surface area (Å²) in [6, 6.07) is 14.5. The van der Waals surface area contributed by atoms with Gasteiger partial charge in [-0.25, -0.2) is 18.6 Å². The molecule has 0 unspecified atom stereocenters. The Morgan fingerprint density at radius 1 is 0.971 bits per heavy atom. The maximum Gasteiger partial charge on any atom is 0.416 e. The molecule has 3 aromatic rings. The van der Waals surface area contributed by atoms with Crippen molar-refractivity contribution < 1.29 is 35.6 Å². The fourth-order valence-corrected chi connectivity index (χ4v) is 3.59. The molecular formula is C21H17F3N4O5S. The van der Waals surface area contributed by atoms with E-state index in [0.717, 1.165) is 18.3 Å². The molecule has 3 N–H and O–H groups in total. The van der Waals surface area contributed by atoms with Crippen LogP contribution in [0.25, 0.3) is 0 Å². The first-order chi connectivity index (χ1) is 16.0. The standard InChI is InChI=1S/C21H17F3N4O5S/c22-21(23,24)14-5-4-6-15(11-14)27-19(29)20(30)28-25-12-16-9-10-17(33-16)13-26-34(31,32)18-7-2-1-3-8-18/h1-12,26H,13H2,(H,27,29)(H,28,30)/b25-12+. The van der Waals surface area contributed by atoms with Crippen molar-refractivity contribution in [1.82, 2.24) is 10.1 Å². The summed E-state index contributed by atoms with van der Waals surface area (Å²) >= 11 is 0. The Balaban J connectivity index is 1.51. The van der Waals surface area contributed by atoms with Gasteiger partial charge in [0.05, 0.1) is 23.2 Å². The average Bonchev–Trinajstić information content (AvgIpc) is 3.26. The molecule has 0 radical (unpaired) electrons. The molecule has 13 heteroatoms. The molecule has 3 rings (SSSR count). The molecule has 0 spiro atoms. The average molecular weight is 494 g/mol. The van der Waals surface area contributed by atoms with Crippen LogP contribution in [0.1, 0.15) is 17.1 Å². The molecule has 0 saturated heterocycles. The minimum absolute atomic E-state index is 0.0921. The lowest BCUT2D eigenvalue weighted by atomic mass is 10.2. The van der Waals surface area contributed by atoms with Crippen LogP contribution in [0.15, 0.2) is 81.1 Å². The third kappa shape index (κ3) is 6.76. The summed E-state index contributed by atoms with van der Waals surface area (Å²) in [5, 5.41) is 5.57. The first-order valence-electron chi connectivity index (χ1n) is 9.50. The highest BCUT2D eigenvalue weighted by Crippen LogP contribution is 2.30. The molecule has 2 aromatic carbocycles. The molecule has 0 fully saturated rings. The molecule has 0 aliphatic rings. The van der Waals surface area contributed by atoms with Crippen LogP contribution in [0.2, 0.25) is 0 Å². The summed E-state index contributed by atoms with van der Waals surface area (Å²) in [5.74, 6) is -2.05. The second kappa shape index (κ2) is 10.3. The van der Waals surface area contributed by atoms with E-state index in [9.17, 15) is 31.2 Å². The predicted octanol–water partition coefficient (Wildman–Crippen LogP) is 2.87. The Morgan fingerprint density at radius 2 is 1.71 bits per heavy atom. The van der Waals surface area contributed by atoms with Crippen LogP contribution < -0.4 is 15.5 Å². The molecular weight excluding hydrogens is 477 g/mol. The SMILES string of the molecule is O=C(N/N=C/c1ccc(CNS(=O)(=O)c2ccccc2)o1)C(=O)Nc1cccc(C(F)(F)F)c1. The van der Waals surface area contributed by atoms with Crippen molar-refractivity contribution in [2.45, 2.75) is 17.6 Å². The normalized spacial score (nSPS) is 12.0. The molecule has 0 aliphatic carbocycles. The minimum atomic E-state index is -4.60. The lowest BCUT2D eigenvalue weighted by Gasteiger charge is -2.09. The van der Waals surface area contributed by atoms with Gasteiger partial charge in [-0.1, -0.05) is 24.3 Å².